The predicted molar refractivity (Wildman–Crippen MR) is 114 cm³/mol. The molecule has 1 N–H and O–H groups in total. The second-order valence-corrected chi connectivity index (χ2v) is 6.29. The number of nitrogens with one attached hydrogen (secondary N) is 1. The maximum atomic E-state index is 12.8. The quantitative estimate of drug-likeness (QED) is 0.568. The molecular formula is C23H24N2O5. The smallest absolute Gasteiger partial charge is 0.255 e. The Balaban J connectivity index is 1.77. The molecule has 0 radical (unpaired) electrons. The van der Waals surface area contributed by atoms with Crippen LogP contribution in [0.5, 0.6) is 23.0 Å². The molecule has 0 unspecified atom stereocenters. The average molecular weight is 408 g/mol. The van der Waals surface area contributed by atoms with E-state index in [0.29, 0.717) is 47.5 Å². The van der Waals surface area contributed by atoms with Gasteiger partial charge < -0.3 is 24.3 Å². The molecule has 7 heteroatoms. The maximum Gasteiger partial charge on any atom is 0.255 e. The van der Waals surface area contributed by atoms with Crippen LogP contribution in [0.3, 0.4) is 0 Å². The van der Waals surface area contributed by atoms with Gasteiger partial charge in [-0.05, 0) is 42.8 Å². The highest BCUT2D eigenvalue weighted by molar-refractivity contribution is 6.04. The van der Waals surface area contributed by atoms with Crippen LogP contribution in [-0.2, 0) is 6.61 Å². The molecule has 0 fully saturated rings. The first kappa shape index (κ1) is 21.0. The summed E-state index contributed by atoms with van der Waals surface area (Å²) in [4.78, 5) is 16.8. The van der Waals surface area contributed by atoms with E-state index in [0.717, 1.165) is 5.56 Å². The van der Waals surface area contributed by atoms with E-state index >= 15 is 0 Å². The number of carbonyl (C=O) groups is 1. The highest BCUT2D eigenvalue weighted by Gasteiger charge is 2.13. The fourth-order valence-corrected chi connectivity index (χ4v) is 2.76. The van der Waals surface area contributed by atoms with Crippen molar-refractivity contribution in [2.45, 2.75) is 13.5 Å². The Morgan fingerprint density at radius 3 is 2.23 bits per heavy atom. The summed E-state index contributed by atoms with van der Waals surface area (Å²) in [5.74, 6) is 1.95. The Bertz CT molecular complexity index is 970. The zero-order valence-corrected chi connectivity index (χ0v) is 17.2. The monoisotopic (exact) mass is 408 g/mol. The fourth-order valence-electron chi connectivity index (χ4n) is 2.76. The number of amides is 1. The molecule has 1 aromatic heterocycles. The minimum atomic E-state index is -0.285. The summed E-state index contributed by atoms with van der Waals surface area (Å²) in [6.45, 7) is 2.70. The van der Waals surface area contributed by atoms with Crippen molar-refractivity contribution >= 4 is 11.6 Å². The third-order valence-electron chi connectivity index (χ3n) is 4.26. The normalized spacial score (nSPS) is 10.2. The molecule has 0 bridgehead atoms. The second-order valence-electron chi connectivity index (χ2n) is 6.29. The van der Waals surface area contributed by atoms with Gasteiger partial charge in [0.1, 0.15) is 18.1 Å². The van der Waals surface area contributed by atoms with Gasteiger partial charge in [-0.25, -0.2) is 0 Å². The van der Waals surface area contributed by atoms with Crippen molar-refractivity contribution in [1.82, 2.24) is 4.98 Å². The van der Waals surface area contributed by atoms with E-state index in [-0.39, 0.29) is 5.91 Å². The molecule has 0 aliphatic carbocycles. The van der Waals surface area contributed by atoms with E-state index < -0.39 is 0 Å². The van der Waals surface area contributed by atoms with Crippen molar-refractivity contribution in [1.29, 1.82) is 0 Å². The van der Waals surface area contributed by atoms with Crippen LogP contribution >= 0.6 is 0 Å². The number of carbonyl (C=O) groups excluding carboxylic acids is 1. The summed E-state index contributed by atoms with van der Waals surface area (Å²) in [5, 5.41) is 2.85. The Kier molecular flexibility index (Phi) is 7.10. The van der Waals surface area contributed by atoms with Crippen LogP contribution in [0.2, 0.25) is 0 Å². The summed E-state index contributed by atoms with van der Waals surface area (Å²) < 4.78 is 22.0. The van der Waals surface area contributed by atoms with Gasteiger partial charge in [0.25, 0.3) is 5.91 Å². The van der Waals surface area contributed by atoms with Crippen molar-refractivity contribution in [3.05, 3.63) is 72.1 Å². The number of rotatable bonds is 9. The van der Waals surface area contributed by atoms with Crippen LogP contribution in [-0.4, -0.2) is 31.7 Å². The van der Waals surface area contributed by atoms with E-state index in [9.17, 15) is 4.79 Å². The predicted octanol–water partition coefficient (Wildman–Crippen LogP) is 4.33. The highest BCUT2D eigenvalue weighted by atomic mass is 16.5. The van der Waals surface area contributed by atoms with Crippen molar-refractivity contribution in [3.63, 3.8) is 0 Å². The summed E-state index contributed by atoms with van der Waals surface area (Å²) in [5.41, 5.74) is 1.99. The minimum absolute atomic E-state index is 0.285. The molecule has 1 heterocycles. The van der Waals surface area contributed by atoms with Crippen LogP contribution in [0.15, 0.2) is 60.9 Å². The highest BCUT2D eigenvalue weighted by Crippen LogP contribution is 2.30. The molecule has 2 aromatic carbocycles. The average Bonchev–Trinajstić information content (AvgIpc) is 2.78. The van der Waals surface area contributed by atoms with E-state index in [1.807, 2.05) is 19.1 Å². The van der Waals surface area contributed by atoms with Crippen LogP contribution in [0.4, 0.5) is 5.69 Å². The molecule has 0 spiro atoms. The minimum Gasteiger partial charge on any atom is -0.497 e. The zero-order valence-electron chi connectivity index (χ0n) is 17.2. The third-order valence-corrected chi connectivity index (χ3v) is 4.26. The number of methoxy groups -OCH3 is 2. The molecule has 0 aliphatic rings. The number of hydrogen-bond acceptors (Lipinski definition) is 6. The molecule has 7 nitrogen and oxygen atoms in total. The zero-order chi connectivity index (χ0) is 21.3. The molecule has 0 saturated heterocycles. The standard InChI is InChI=1S/C23H24N2O5/c1-4-29-22-11-17(5-6-21(22)30-15-16-7-9-24-10-8-16)23(26)25-18-12-19(27-2)14-20(13-18)28-3/h5-14H,4,15H2,1-3H3,(H,25,26). The molecule has 0 aliphatic heterocycles. The lowest BCUT2D eigenvalue weighted by Gasteiger charge is -2.14. The number of benzene rings is 2. The van der Waals surface area contributed by atoms with Gasteiger partial charge in [-0.15, -0.1) is 0 Å². The molecule has 1 amide bonds. The van der Waals surface area contributed by atoms with Gasteiger partial charge in [0.05, 0.1) is 20.8 Å². The summed E-state index contributed by atoms with van der Waals surface area (Å²) >= 11 is 0. The molecule has 3 rings (SSSR count). The number of anilines is 1. The summed E-state index contributed by atoms with van der Waals surface area (Å²) in [6.07, 6.45) is 3.42. The Hall–Kier alpha value is -3.74. The first-order chi connectivity index (χ1) is 14.6. The number of nitrogens with zero attached hydrogens (tertiary/aromatic N) is 1. The van der Waals surface area contributed by atoms with Crippen molar-refractivity contribution in [2.75, 3.05) is 26.1 Å². The van der Waals surface area contributed by atoms with Gasteiger partial charge in [0, 0.05) is 41.8 Å². The van der Waals surface area contributed by atoms with Gasteiger partial charge in [-0.1, -0.05) is 0 Å². The topological polar surface area (TPSA) is 78.9 Å². The number of hydrogen-bond donors (Lipinski definition) is 1. The van der Waals surface area contributed by atoms with Gasteiger partial charge >= 0.3 is 0 Å². The first-order valence-corrected chi connectivity index (χ1v) is 9.46. The lowest BCUT2D eigenvalue weighted by atomic mass is 10.1. The lowest BCUT2D eigenvalue weighted by Crippen LogP contribution is -2.12. The third kappa shape index (κ3) is 5.41. The van der Waals surface area contributed by atoms with Crippen molar-refractivity contribution < 1.29 is 23.7 Å². The Morgan fingerprint density at radius 1 is 0.900 bits per heavy atom. The van der Waals surface area contributed by atoms with E-state index in [2.05, 4.69) is 10.3 Å². The van der Waals surface area contributed by atoms with E-state index in [1.54, 1.807) is 63.0 Å². The van der Waals surface area contributed by atoms with Gasteiger partial charge in [0.15, 0.2) is 11.5 Å². The molecule has 0 atom stereocenters. The van der Waals surface area contributed by atoms with Crippen LogP contribution in [0, 0.1) is 0 Å². The molecule has 30 heavy (non-hydrogen) atoms. The Morgan fingerprint density at radius 2 is 1.60 bits per heavy atom. The van der Waals surface area contributed by atoms with Gasteiger partial charge in [-0.3, -0.25) is 9.78 Å². The Labute approximate surface area is 175 Å². The molecular weight excluding hydrogens is 384 g/mol. The van der Waals surface area contributed by atoms with Crippen LogP contribution in [0.1, 0.15) is 22.8 Å². The van der Waals surface area contributed by atoms with E-state index in [4.69, 9.17) is 18.9 Å². The number of aromatic nitrogens is 1. The molecule has 0 saturated carbocycles. The second kappa shape index (κ2) is 10.2. The number of pyridine rings is 1. The van der Waals surface area contributed by atoms with Crippen LogP contribution < -0.4 is 24.3 Å². The fraction of sp³-hybridized carbons (Fsp3) is 0.217. The van der Waals surface area contributed by atoms with Crippen molar-refractivity contribution in [2.24, 2.45) is 0 Å². The largest absolute Gasteiger partial charge is 0.497 e. The summed E-state index contributed by atoms with van der Waals surface area (Å²) in [6, 6.07) is 14.0. The first-order valence-electron chi connectivity index (χ1n) is 9.46. The van der Waals surface area contributed by atoms with Gasteiger partial charge in [-0.2, -0.15) is 0 Å². The van der Waals surface area contributed by atoms with Gasteiger partial charge in [0.2, 0.25) is 0 Å². The SMILES string of the molecule is CCOc1cc(C(=O)Nc2cc(OC)cc(OC)c2)ccc1OCc1ccncc1. The molecule has 3 aromatic rings. The molecule has 156 valence electrons. The van der Waals surface area contributed by atoms with Crippen molar-refractivity contribution in [3.8, 4) is 23.0 Å². The summed E-state index contributed by atoms with van der Waals surface area (Å²) in [7, 11) is 3.11. The lowest BCUT2D eigenvalue weighted by molar-refractivity contribution is 0.102. The maximum absolute atomic E-state index is 12.8. The van der Waals surface area contributed by atoms with E-state index in [1.165, 1.54) is 0 Å². The van der Waals surface area contributed by atoms with Crippen LogP contribution in [0.25, 0.3) is 0 Å². The number of ether oxygens (including phenoxy) is 4.